The Morgan fingerprint density at radius 1 is 1.47 bits per heavy atom. The first-order valence-corrected chi connectivity index (χ1v) is 7.06. The topological polar surface area (TPSA) is 46.9 Å². The highest BCUT2D eigenvalue weighted by atomic mass is 35.5. The second-order valence-electron chi connectivity index (χ2n) is 6.84. The smallest absolute Gasteiger partial charge is 0.293 e. The Labute approximate surface area is 119 Å². The zero-order valence-electron chi connectivity index (χ0n) is 12.2. The minimum atomic E-state index is -0.249. The van der Waals surface area contributed by atoms with Gasteiger partial charge in [-0.15, -0.1) is 11.6 Å². The molecular formula is C14H22ClN3O. The molecule has 0 aliphatic heterocycles. The number of alkyl halides is 1. The van der Waals surface area contributed by atoms with Crippen LogP contribution in [0.5, 0.6) is 0 Å². The molecule has 1 N–H and O–H groups in total. The van der Waals surface area contributed by atoms with Crippen molar-refractivity contribution in [3.8, 4) is 0 Å². The Morgan fingerprint density at radius 3 is 2.58 bits per heavy atom. The number of hydrogen-bond acceptors (Lipinski definition) is 3. The third-order valence-corrected chi connectivity index (χ3v) is 4.76. The van der Waals surface area contributed by atoms with Crippen molar-refractivity contribution >= 4 is 17.4 Å². The van der Waals surface area contributed by atoms with Crippen molar-refractivity contribution in [2.24, 2.45) is 5.41 Å². The van der Waals surface area contributed by atoms with Crippen LogP contribution in [0.3, 0.4) is 0 Å². The van der Waals surface area contributed by atoms with Crippen molar-refractivity contribution in [3.63, 3.8) is 0 Å². The molecule has 1 heterocycles. The molecule has 0 amide bonds. The van der Waals surface area contributed by atoms with E-state index in [1.165, 1.54) is 0 Å². The van der Waals surface area contributed by atoms with Crippen molar-refractivity contribution in [1.29, 1.82) is 0 Å². The number of nitrogens with zero attached hydrogens (tertiary/aromatic N) is 2. The molecular weight excluding hydrogens is 262 g/mol. The highest BCUT2D eigenvalue weighted by Gasteiger charge is 2.47. The van der Waals surface area contributed by atoms with Gasteiger partial charge in [0.15, 0.2) is 5.82 Å². The van der Waals surface area contributed by atoms with Gasteiger partial charge in [0.05, 0.1) is 0 Å². The Hall–Kier alpha value is -1.03. The van der Waals surface area contributed by atoms with Gasteiger partial charge in [-0.2, -0.15) is 0 Å². The molecule has 0 bridgehead atoms. The molecule has 5 heteroatoms. The molecule has 0 aromatic carbocycles. The molecule has 1 aliphatic rings. The highest BCUT2D eigenvalue weighted by molar-refractivity contribution is 6.21. The Kier molecular flexibility index (Phi) is 3.42. The van der Waals surface area contributed by atoms with Crippen molar-refractivity contribution in [3.05, 3.63) is 22.7 Å². The van der Waals surface area contributed by atoms with E-state index in [-0.39, 0.29) is 27.9 Å². The predicted molar refractivity (Wildman–Crippen MR) is 78.9 cm³/mol. The molecule has 2 rings (SSSR count). The van der Waals surface area contributed by atoms with Crippen LogP contribution in [0.4, 0.5) is 5.82 Å². The van der Waals surface area contributed by atoms with E-state index in [2.05, 4.69) is 24.1 Å². The average Bonchev–Trinajstić information content (AvgIpc) is 2.29. The number of hydrogen-bond donors (Lipinski definition) is 1. The van der Waals surface area contributed by atoms with Crippen LogP contribution >= 0.6 is 11.6 Å². The summed E-state index contributed by atoms with van der Waals surface area (Å²) < 4.78 is 1.70. The molecule has 0 spiro atoms. The lowest BCUT2D eigenvalue weighted by atomic mass is 9.67. The van der Waals surface area contributed by atoms with Crippen molar-refractivity contribution in [1.82, 2.24) is 9.55 Å². The molecule has 0 saturated heterocycles. The van der Waals surface area contributed by atoms with E-state index in [1.54, 1.807) is 17.0 Å². The Morgan fingerprint density at radius 2 is 2.11 bits per heavy atom. The molecule has 1 aromatic rings. The third kappa shape index (κ3) is 2.50. The van der Waals surface area contributed by atoms with Gasteiger partial charge in [-0.3, -0.25) is 4.79 Å². The monoisotopic (exact) mass is 283 g/mol. The quantitative estimate of drug-likeness (QED) is 0.849. The summed E-state index contributed by atoms with van der Waals surface area (Å²) >= 11 is 6.20. The summed E-state index contributed by atoms with van der Waals surface area (Å²) in [7, 11) is 0. The molecule has 19 heavy (non-hydrogen) atoms. The van der Waals surface area contributed by atoms with Crippen LogP contribution in [0.25, 0.3) is 0 Å². The van der Waals surface area contributed by atoms with Gasteiger partial charge >= 0.3 is 0 Å². The summed E-state index contributed by atoms with van der Waals surface area (Å²) in [6.07, 6.45) is 4.25. The van der Waals surface area contributed by atoms with Gasteiger partial charge in [-0.1, -0.05) is 13.8 Å². The summed E-state index contributed by atoms with van der Waals surface area (Å²) in [4.78, 5) is 16.6. The number of anilines is 1. The fraction of sp³-hybridized carbons (Fsp3) is 0.714. The maximum atomic E-state index is 12.4. The molecule has 4 nitrogen and oxygen atoms in total. The normalized spacial score (nSPS) is 25.8. The lowest BCUT2D eigenvalue weighted by molar-refractivity contribution is 0.168. The van der Waals surface area contributed by atoms with Crippen LogP contribution < -0.4 is 10.9 Å². The van der Waals surface area contributed by atoms with Gasteiger partial charge in [0.25, 0.3) is 5.56 Å². The third-order valence-electron chi connectivity index (χ3n) is 4.02. The van der Waals surface area contributed by atoms with Crippen LogP contribution in [-0.4, -0.2) is 21.0 Å². The predicted octanol–water partition coefficient (Wildman–Crippen LogP) is 2.82. The summed E-state index contributed by atoms with van der Waals surface area (Å²) in [5, 5.41) is 3.40. The lowest BCUT2D eigenvalue weighted by Crippen LogP contribution is -2.55. The molecule has 1 aromatic heterocycles. The summed E-state index contributed by atoms with van der Waals surface area (Å²) in [5.74, 6) is 0.416. The van der Waals surface area contributed by atoms with Crippen LogP contribution in [0.15, 0.2) is 17.2 Å². The van der Waals surface area contributed by atoms with Gasteiger partial charge in [-0.25, -0.2) is 4.98 Å². The number of halogens is 1. The average molecular weight is 284 g/mol. The lowest BCUT2D eigenvalue weighted by Gasteiger charge is -2.49. The summed E-state index contributed by atoms with van der Waals surface area (Å²) in [6, 6.07) is 0.200. The molecule has 1 fully saturated rings. The van der Waals surface area contributed by atoms with E-state index < -0.39 is 0 Å². The first-order chi connectivity index (χ1) is 8.64. The summed E-state index contributed by atoms with van der Waals surface area (Å²) in [5.41, 5.74) is -0.345. The molecule has 0 radical (unpaired) electrons. The number of aromatic nitrogens is 2. The van der Waals surface area contributed by atoms with E-state index in [1.807, 2.05) is 20.8 Å². The standard InChI is InChI=1S/C14H22ClN3O/c1-13(2,3)18-7-6-16-11(12(18)19)17-10-8-9(15)14(10,4)5/h6-7,9-10H,8H2,1-5H3,(H,16,17). The van der Waals surface area contributed by atoms with Gasteiger partial charge in [0, 0.05) is 34.8 Å². The zero-order chi connectivity index (χ0) is 14.4. The van der Waals surface area contributed by atoms with Crippen molar-refractivity contribution in [2.45, 2.75) is 58.0 Å². The molecule has 2 atom stereocenters. The largest absolute Gasteiger partial charge is 0.362 e. The van der Waals surface area contributed by atoms with E-state index in [4.69, 9.17) is 11.6 Å². The second-order valence-corrected chi connectivity index (χ2v) is 7.37. The highest BCUT2D eigenvalue weighted by Crippen LogP contribution is 2.45. The van der Waals surface area contributed by atoms with Gasteiger partial charge < -0.3 is 9.88 Å². The fourth-order valence-corrected chi connectivity index (χ4v) is 2.65. The van der Waals surface area contributed by atoms with Gasteiger partial charge in [-0.05, 0) is 27.2 Å². The molecule has 106 valence electrons. The first kappa shape index (κ1) is 14.4. The second kappa shape index (κ2) is 4.51. The number of rotatable bonds is 2. The molecule has 2 unspecified atom stereocenters. The van der Waals surface area contributed by atoms with E-state index in [0.717, 1.165) is 6.42 Å². The van der Waals surface area contributed by atoms with Crippen LogP contribution in [0, 0.1) is 5.41 Å². The molecule has 1 aliphatic carbocycles. The first-order valence-electron chi connectivity index (χ1n) is 6.63. The molecule has 1 saturated carbocycles. The fourth-order valence-electron chi connectivity index (χ4n) is 2.32. The van der Waals surface area contributed by atoms with Crippen molar-refractivity contribution in [2.75, 3.05) is 5.32 Å². The van der Waals surface area contributed by atoms with Gasteiger partial charge in [0.1, 0.15) is 0 Å². The van der Waals surface area contributed by atoms with E-state index in [0.29, 0.717) is 5.82 Å². The van der Waals surface area contributed by atoms with E-state index in [9.17, 15) is 4.79 Å². The minimum Gasteiger partial charge on any atom is -0.362 e. The van der Waals surface area contributed by atoms with Gasteiger partial charge in [0.2, 0.25) is 0 Å². The van der Waals surface area contributed by atoms with Crippen molar-refractivity contribution < 1.29 is 0 Å². The SMILES string of the molecule is CC1(C)C(Cl)CC1Nc1nccn(C(C)(C)C)c1=O. The van der Waals surface area contributed by atoms with Crippen LogP contribution in [-0.2, 0) is 5.54 Å². The van der Waals surface area contributed by atoms with Crippen LogP contribution in [0.1, 0.15) is 41.0 Å². The Balaban J connectivity index is 2.26. The van der Waals surface area contributed by atoms with E-state index >= 15 is 0 Å². The Bertz CT molecular complexity index is 530. The summed E-state index contributed by atoms with van der Waals surface area (Å²) in [6.45, 7) is 10.2. The number of nitrogens with one attached hydrogen (secondary N) is 1. The minimum absolute atomic E-state index is 0.0158. The van der Waals surface area contributed by atoms with Crippen LogP contribution in [0.2, 0.25) is 0 Å². The maximum absolute atomic E-state index is 12.4. The zero-order valence-corrected chi connectivity index (χ0v) is 13.0. The maximum Gasteiger partial charge on any atom is 0.293 e.